The Kier molecular flexibility index (Phi) is 3.80. The number of carbonyl (C=O) groups is 1. The van der Waals surface area contributed by atoms with Crippen LogP contribution in [0, 0.1) is 5.82 Å². The molecule has 0 aliphatic carbocycles. The minimum Gasteiger partial charge on any atom is -0.398 e. The predicted molar refractivity (Wildman–Crippen MR) is 58.3 cm³/mol. The second-order valence-electron chi connectivity index (χ2n) is 3.55. The molecule has 15 heavy (non-hydrogen) atoms. The summed E-state index contributed by atoms with van der Waals surface area (Å²) in [7, 11) is 1.77. The van der Waals surface area contributed by atoms with E-state index in [1.165, 1.54) is 18.2 Å². The number of Topliss-reactive ketones (excluding diaryl/α,β-unsaturated/α-hetero) is 1. The number of anilines is 1. The quantitative estimate of drug-likeness (QED) is 0.586. The van der Waals surface area contributed by atoms with E-state index < -0.39 is 5.82 Å². The average Bonchev–Trinajstić information content (AvgIpc) is 2.21. The Morgan fingerprint density at radius 2 is 2.27 bits per heavy atom. The smallest absolute Gasteiger partial charge is 0.166 e. The molecule has 1 unspecified atom stereocenters. The molecule has 0 aliphatic rings. The molecule has 1 aromatic rings. The molecule has 3 N–H and O–H groups in total. The largest absolute Gasteiger partial charge is 0.398 e. The predicted octanol–water partition coefficient (Wildman–Crippen LogP) is 1.59. The van der Waals surface area contributed by atoms with Crippen LogP contribution in [0.4, 0.5) is 10.1 Å². The van der Waals surface area contributed by atoms with E-state index in [1.54, 1.807) is 7.05 Å². The van der Waals surface area contributed by atoms with Gasteiger partial charge in [0.25, 0.3) is 0 Å². The van der Waals surface area contributed by atoms with Crippen molar-refractivity contribution in [3.8, 4) is 0 Å². The minimum atomic E-state index is -0.440. The van der Waals surface area contributed by atoms with E-state index in [-0.39, 0.29) is 17.4 Å². The first-order valence-electron chi connectivity index (χ1n) is 4.80. The maximum absolute atomic E-state index is 12.9. The van der Waals surface area contributed by atoms with Crippen molar-refractivity contribution in [3.63, 3.8) is 0 Å². The Bertz CT molecular complexity index is 366. The standard InChI is InChI=1S/C11H15FN2O/c1-7(14-2)5-11(15)9-6-8(12)3-4-10(9)13/h3-4,6-7,14H,5,13H2,1-2H3. The van der Waals surface area contributed by atoms with Crippen LogP contribution in [-0.2, 0) is 0 Å². The topological polar surface area (TPSA) is 55.1 Å². The van der Waals surface area contributed by atoms with Crippen molar-refractivity contribution >= 4 is 11.5 Å². The second kappa shape index (κ2) is 4.89. The van der Waals surface area contributed by atoms with Gasteiger partial charge in [-0.1, -0.05) is 0 Å². The van der Waals surface area contributed by atoms with Crippen LogP contribution in [0.3, 0.4) is 0 Å². The lowest BCUT2D eigenvalue weighted by Crippen LogP contribution is -2.24. The number of halogens is 1. The Morgan fingerprint density at radius 1 is 1.60 bits per heavy atom. The summed E-state index contributed by atoms with van der Waals surface area (Å²) in [6, 6.07) is 3.89. The molecule has 0 fully saturated rings. The van der Waals surface area contributed by atoms with Gasteiger partial charge in [0.1, 0.15) is 5.82 Å². The number of benzene rings is 1. The zero-order valence-corrected chi connectivity index (χ0v) is 8.88. The maximum Gasteiger partial charge on any atom is 0.166 e. The molecule has 0 aromatic heterocycles. The van der Waals surface area contributed by atoms with E-state index in [1.807, 2.05) is 6.92 Å². The zero-order valence-electron chi connectivity index (χ0n) is 8.88. The molecule has 3 nitrogen and oxygen atoms in total. The molecule has 0 saturated heterocycles. The Hall–Kier alpha value is -1.42. The van der Waals surface area contributed by atoms with Gasteiger partial charge in [0.05, 0.1) is 0 Å². The highest BCUT2D eigenvalue weighted by atomic mass is 19.1. The first kappa shape index (κ1) is 11.7. The fourth-order valence-electron chi connectivity index (χ4n) is 1.26. The summed E-state index contributed by atoms with van der Waals surface area (Å²) >= 11 is 0. The first-order valence-corrected chi connectivity index (χ1v) is 4.80. The van der Waals surface area contributed by atoms with Crippen molar-refractivity contribution in [2.45, 2.75) is 19.4 Å². The minimum absolute atomic E-state index is 0.0557. The highest BCUT2D eigenvalue weighted by Crippen LogP contribution is 2.16. The van der Waals surface area contributed by atoms with Gasteiger partial charge in [0, 0.05) is 23.7 Å². The van der Waals surface area contributed by atoms with Crippen molar-refractivity contribution < 1.29 is 9.18 Å². The van der Waals surface area contributed by atoms with E-state index in [0.717, 1.165) is 0 Å². The summed E-state index contributed by atoms with van der Waals surface area (Å²) in [6.45, 7) is 1.88. The number of carbonyl (C=O) groups excluding carboxylic acids is 1. The van der Waals surface area contributed by atoms with E-state index in [4.69, 9.17) is 5.73 Å². The third-order valence-electron chi connectivity index (χ3n) is 2.30. The summed E-state index contributed by atoms with van der Waals surface area (Å²) in [5.74, 6) is -0.585. The Labute approximate surface area is 88.5 Å². The number of hydrogen-bond acceptors (Lipinski definition) is 3. The van der Waals surface area contributed by atoms with Crippen LogP contribution < -0.4 is 11.1 Å². The Balaban J connectivity index is 2.86. The van der Waals surface area contributed by atoms with Crippen LogP contribution in [0.25, 0.3) is 0 Å². The van der Waals surface area contributed by atoms with E-state index in [2.05, 4.69) is 5.32 Å². The fourth-order valence-corrected chi connectivity index (χ4v) is 1.26. The lowest BCUT2D eigenvalue weighted by Gasteiger charge is -2.10. The highest BCUT2D eigenvalue weighted by Gasteiger charge is 2.13. The third kappa shape index (κ3) is 3.02. The monoisotopic (exact) mass is 210 g/mol. The van der Waals surface area contributed by atoms with Gasteiger partial charge in [-0.15, -0.1) is 0 Å². The molecule has 0 heterocycles. The van der Waals surface area contributed by atoms with Gasteiger partial charge in [-0.05, 0) is 32.2 Å². The molecular weight excluding hydrogens is 195 g/mol. The van der Waals surface area contributed by atoms with Crippen LogP contribution in [0.2, 0.25) is 0 Å². The van der Waals surface area contributed by atoms with Gasteiger partial charge >= 0.3 is 0 Å². The van der Waals surface area contributed by atoms with Gasteiger partial charge in [0.2, 0.25) is 0 Å². The lowest BCUT2D eigenvalue weighted by atomic mass is 10.0. The molecule has 0 aliphatic heterocycles. The van der Waals surface area contributed by atoms with Crippen molar-refractivity contribution in [3.05, 3.63) is 29.6 Å². The van der Waals surface area contributed by atoms with Crippen LogP contribution >= 0.6 is 0 Å². The number of nitrogens with two attached hydrogens (primary N) is 1. The van der Waals surface area contributed by atoms with Gasteiger partial charge in [-0.3, -0.25) is 4.79 Å². The van der Waals surface area contributed by atoms with E-state index in [0.29, 0.717) is 12.1 Å². The van der Waals surface area contributed by atoms with Crippen molar-refractivity contribution in [1.29, 1.82) is 0 Å². The molecule has 1 aromatic carbocycles. The molecule has 4 heteroatoms. The van der Waals surface area contributed by atoms with Crippen LogP contribution in [0.5, 0.6) is 0 Å². The molecule has 0 radical (unpaired) electrons. The fraction of sp³-hybridized carbons (Fsp3) is 0.364. The summed E-state index contributed by atoms with van der Waals surface area (Å²) in [5, 5.41) is 2.94. The highest BCUT2D eigenvalue weighted by molar-refractivity contribution is 6.01. The number of rotatable bonds is 4. The van der Waals surface area contributed by atoms with Crippen molar-refractivity contribution in [1.82, 2.24) is 5.32 Å². The lowest BCUT2D eigenvalue weighted by molar-refractivity contribution is 0.0973. The summed E-state index contributed by atoms with van der Waals surface area (Å²) in [5.41, 5.74) is 6.18. The third-order valence-corrected chi connectivity index (χ3v) is 2.30. The van der Waals surface area contributed by atoms with Crippen LogP contribution in [0.1, 0.15) is 23.7 Å². The van der Waals surface area contributed by atoms with Gasteiger partial charge in [-0.2, -0.15) is 0 Å². The van der Waals surface area contributed by atoms with E-state index >= 15 is 0 Å². The van der Waals surface area contributed by atoms with Crippen molar-refractivity contribution in [2.24, 2.45) is 0 Å². The van der Waals surface area contributed by atoms with E-state index in [9.17, 15) is 9.18 Å². The number of ketones is 1. The van der Waals surface area contributed by atoms with Gasteiger partial charge in [-0.25, -0.2) is 4.39 Å². The molecule has 0 bridgehead atoms. The van der Waals surface area contributed by atoms with Crippen LogP contribution in [-0.4, -0.2) is 18.9 Å². The molecule has 1 atom stereocenters. The zero-order chi connectivity index (χ0) is 11.4. The molecule has 0 saturated carbocycles. The second-order valence-corrected chi connectivity index (χ2v) is 3.55. The SMILES string of the molecule is CNC(C)CC(=O)c1cc(F)ccc1N. The molecular formula is C11H15FN2O. The Morgan fingerprint density at radius 3 is 2.87 bits per heavy atom. The van der Waals surface area contributed by atoms with Crippen LogP contribution in [0.15, 0.2) is 18.2 Å². The van der Waals surface area contributed by atoms with Gasteiger partial charge in [0.15, 0.2) is 5.78 Å². The molecule has 1 rings (SSSR count). The summed E-state index contributed by atoms with van der Waals surface area (Å²) in [6.07, 6.45) is 0.310. The average molecular weight is 210 g/mol. The molecule has 82 valence electrons. The summed E-state index contributed by atoms with van der Waals surface area (Å²) < 4.78 is 12.9. The molecule has 0 spiro atoms. The number of hydrogen-bond donors (Lipinski definition) is 2. The maximum atomic E-state index is 12.9. The van der Waals surface area contributed by atoms with Crippen molar-refractivity contribution in [2.75, 3.05) is 12.8 Å². The normalized spacial score (nSPS) is 12.5. The number of nitrogens with one attached hydrogen (secondary N) is 1. The first-order chi connectivity index (χ1) is 7.04. The van der Waals surface area contributed by atoms with Gasteiger partial charge < -0.3 is 11.1 Å². The number of nitrogen functional groups attached to an aromatic ring is 1. The summed E-state index contributed by atoms with van der Waals surface area (Å²) in [4.78, 5) is 11.7. The molecule has 0 amide bonds.